The van der Waals surface area contributed by atoms with Gasteiger partial charge in [-0.2, -0.15) is 0 Å². The molecule has 0 spiro atoms. The summed E-state index contributed by atoms with van der Waals surface area (Å²) in [5.41, 5.74) is 3.88. The highest BCUT2D eigenvalue weighted by atomic mass is 16.4. The van der Waals surface area contributed by atoms with Crippen molar-refractivity contribution in [3.05, 3.63) is 83.5 Å². The Morgan fingerprint density at radius 3 is 2.48 bits per heavy atom. The largest absolute Gasteiger partial charge is 0.419 e. The van der Waals surface area contributed by atoms with Crippen LogP contribution in [0, 0.1) is 13.8 Å². The van der Waals surface area contributed by atoms with Crippen molar-refractivity contribution in [2.75, 3.05) is 12.4 Å². The maximum atomic E-state index is 12.9. The summed E-state index contributed by atoms with van der Waals surface area (Å²) in [5.74, 6) is 0.984. The zero-order valence-electron chi connectivity index (χ0n) is 17.5. The Morgan fingerprint density at radius 1 is 1.03 bits per heavy atom. The average Bonchev–Trinajstić information content (AvgIpc) is 3.24. The normalized spacial score (nSPS) is 10.7. The third-order valence-electron chi connectivity index (χ3n) is 4.72. The summed E-state index contributed by atoms with van der Waals surface area (Å²) in [6.45, 7) is 3.99. The molecule has 4 rings (SSSR count). The van der Waals surface area contributed by atoms with Crippen LogP contribution in [-0.4, -0.2) is 38.0 Å². The molecule has 0 fully saturated rings. The first kappa shape index (κ1) is 20.2. The topological polar surface area (TPSA) is 97.0 Å². The molecule has 156 valence electrons. The van der Waals surface area contributed by atoms with E-state index in [0.29, 0.717) is 29.0 Å². The molecule has 0 bridgehead atoms. The molecule has 0 unspecified atom stereocenters. The lowest BCUT2D eigenvalue weighted by Gasteiger charge is -2.16. The highest BCUT2D eigenvalue weighted by molar-refractivity contribution is 5.94. The highest BCUT2D eigenvalue weighted by Crippen LogP contribution is 2.19. The molecule has 8 nitrogen and oxygen atoms in total. The minimum atomic E-state index is -0.223. The van der Waals surface area contributed by atoms with Gasteiger partial charge < -0.3 is 14.6 Å². The fraction of sp³-hybridized carbons (Fsp3) is 0.174. The summed E-state index contributed by atoms with van der Waals surface area (Å²) in [4.78, 5) is 23.1. The number of anilines is 2. The van der Waals surface area contributed by atoms with E-state index in [4.69, 9.17) is 4.42 Å². The van der Waals surface area contributed by atoms with Crippen molar-refractivity contribution < 1.29 is 9.21 Å². The lowest BCUT2D eigenvalue weighted by Crippen LogP contribution is -2.27. The van der Waals surface area contributed by atoms with Gasteiger partial charge in [0, 0.05) is 24.5 Å². The third kappa shape index (κ3) is 4.75. The first-order valence-electron chi connectivity index (χ1n) is 9.80. The van der Waals surface area contributed by atoms with Crippen molar-refractivity contribution in [1.82, 2.24) is 25.1 Å². The van der Waals surface area contributed by atoms with Crippen molar-refractivity contribution in [2.45, 2.75) is 20.4 Å². The Kier molecular flexibility index (Phi) is 5.70. The van der Waals surface area contributed by atoms with Gasteiger partial charge in [0.15, 0.2) is 0 Å². The zero-order valence-corrected chi connectivity index (χ0v) is 17.5. The maximum absolute atomic E-state index is 12.9. The Bertz CT molecular complexity index is 1190. The molecule has 2 aromatic heterocycles. The van der Waals surface area contributed by atoms with Crippen LogP contribution in [0.4, 0.5) is 11.6 Å². The molecule has 8 heteroatoms. The van der Waals surface area contributed by atoms with Gasteiger partial charge in [-0.05, 0) is 38.1 Å². The van der Waals surface area contributed by atoms with Gasteiger partial charge in [-0.3, -0.25) is 4.79 Å². The first-order chi connectivity index (χ1) is 15.0. The van der Waals surface area contributed by atoms with Gasteiger partial charge in [0.25, 0.3) is 5.91 Å². The number of hydrogen-bond acceptors (Lipinski definition) is 7. The van der Waals surface area contributed by atoms with E-state index in [-0.39, 0.29) is 12.5 Å². The van der Waals surface area contributed by atoms with Gasteiger partial charge in [0.05, 0.1) is 17.8 Å². The zero-order chi connectivity index (χ0) is 21.8. The Balaban J connectivity index is 1.44. The predicted octanol–water partition coefficient (Wildman–Crippen LogP) is 4.16. The number of benzene rings is 2. The minimum Gasteiger partial charge on any atom is -0.419 e. The summed E-state index contributed by atoms with van der Waals surface area (Å²) in [7, 11) is 1.67. The number of aromatic nitrogens is 4. The molecule has 2 heterocycles. The van der Waals surface area contributed by atoms with Crippen LogP contribution in [0.1, 0.15) is 27.5 Å². The summed E-state index contributed by atoms with van der Waals surface area (Å²) >= 11 is 0. The minimum absolute atomic E-state index is 0.182. The van der Waals surface area contributed by atoms with Gasteiger partial charge in [0.1, 0.15) is 0 Å². The van der Waals surface area contributed by atoms with Crippen molar-refractivity contribution in [2.24, 2.45) is 0 Å². The third-order valence-corrected chi connectivity index (χ3v) is 4.72. The number of hydrogen-bond donors (Lipinski definition) is 1. The molecule has 0 aliphatic rings. The van der Waals surface area contributed by atoms with E-state index in [1.807, 2.05) is 61.5 Å². The first-order valence-corrected chi connectivity index (χ1v) is 9.80. The van der Waals surface area contributed by atoms with Crippen LogP contribution in [0.15, 0.2) is 65.2 Å². The van der Waals surface area contributed by atoms with Crippen molar-refractivity contribution >= 4 is 17.5 Å². The molecule has 0 atom stereocenters. The van der Waals surface area contributed by atoms with Gasteiger partial charge in [-0.25, -0.2) is 9.97 Å². The number of nitrogens with one attached hydrogen (secondary N) is 1. The van der Waals surface area contributed by atoms with E-state index in [9.17, 15) is 4.79 Å². The van der Waals surface area contributed by atoms with E-state index in [0.717, 1.165) is 11.3 Å². The lowest BCUT2D eigenvalue weighted by molar-refractivity contribution is 0.0771. The Morgan fingerprint density at radius 2 is 1.77 bits per heavy atom. The molecule has 4 aromatic rings. The second-order valence-electron chi connectivity index (χ2n) is 7.21. The number of carbonyl (C=O) groups excluding carboxylic acids is 1. The monoisotopic (exact) mass is 414 g/mol. The quantitative estimate of drug-likeness (QED) is 0.506. The van der Waals surface area contributed by atoms with Crippen LogP contribution in [0.25, 0.3) is 11.5 Å². The van der Waals surface area contributed by atoms with Gasteiger partial charge in [0.2, 0.25) is 17.7 Å². The molecular weight excluding hydrogens is 392 g/mol. The SMILES string of the molecule is Cc1ccc(Nc2ncc(C(=O)N(C)Cc3nnc(-c4ccccc4)o3)c(C)n2)cc1. The Labute approximate surface area is 180 Å². The second kappa shape index (κ2) is 8.74. The van der Waals surface area contributed by atoms with E-state index >= 15 is 0 Å². The van der Waals surface area contributed by atoms with E-state index in [1.165, 1.54) is 16.7 Å². The molecule has 0 aliphatic heterocycles. The highest BCUT2D eigenvalue weighted by Gasteiger charge is 2.19. The fourth-order valence-corrected chi connectivity index (χ4v) is 3.00. The van der Waals surface area contributed by atoms with E-state index < -0.39 is 0 Å². The summed E-state index contributed by atoms with van der Waals surface area (Å²) in [6.07, 6.45) is 1.53. The standard InChI is InChI=1S/C23H22N6O2/c1-15-9-11-18(12-10-15)26-23-24-13-19(16(2)25-23)22(30)29(3)14-20-27-28-21(31-20)17-7-5-4-6-8-17/h4-13H,14H2,1-3H3,(H,24,25,26). The van der Waals surface area contributed by atoms with E-state index in [1.54, 1.807) is 14.0 Å². The summed E-state index contributed by atoms with van der Waals surface area (Å²) < 4.78 is 5.69. The van der Waals surface area contributed by atoms with Crippen LogP contribution >= 0.6 is 0 Å². The van der Waals surface area contributed by atoms with Crippen LogP contribution in [-0.2, 0) is 6.54 Å². The average molecular weight is 414 g/mol. The van der Waals surface area contributed by atoms with Gasteiger partial charge >= 0.3 is 0 Å². The second-order valence-corrected chi connectivity index (χ2v) is 7.21. The Hall–Kier alpha value is -4.07. The molecule has 2 aromatic carbocycles. The molecule has 1 amide bonds. The van der Waals surface area contributed by atoms with Crippen molar-refractivity contribution in [3.8, 4) is 11.5 Å². The number of rotatable bonds is 6. The molecule has 1 N–H and O–H groups in total. The molecule has 0 aliphatic carbocycles. The molecule has 31 heavy (non-hydrogen) atoms. The van der Waals surface area contributed by atoms with E-state index in [2.05, 4.69) is 25.5 Å². The number of nitrogens with zero attached hydrogens (tertiary/aromatic N) is 5. The molecular formula is C23H22N6O2. The molecule has 0 saturated heterocycles. The molecule has 0 radical (unpaired) electrons. The number of aryl methyl sites for hydroxylation is 2. The predicted molar refractivity (Wildman–Crippen MR) is 117 cm³/mol. The van der Waals surface area contributed by atoms with Crippen LogP contribution in [0.5, 0.6) is 0 Å². The van der Waals surface area contributed by atoms with Gasteiger partial charge in [-0.15, -0.1) is 10.2 Å². The smallest absolute Gasteiger partial charge is 0.257 e. The van der Waals surface area contributed by atoms with Gasteiger partial charge in [-0.1, -0.05) is 35.9 Å². The summed E-state index contributed by atoms with van der Waals surface area (Å²) in [6, 6.07) is 17.4. The molecule has 0 saturated carbocycles. The van der Waals surface area contributed by atoms with Crippen LogP contribution in [0.3, 0.4) is 0 Å². The number of carbonyl (C=O) groups is 1. The van der Waals surface area contributed by atoms with Crippen molar-refractivity contribution in [3.63, 3.8) is 0 Å². The van der Waals surface area contributed by atoms with Crippen LogP contribution in [0.2, 0.25) is 0 Å². The fourth-order valence-electron chi connectivity index (χ4n) is 3.00. The maximum Gasteiger partial charge on any atom is 0.257 e. The summed E-state index contributed by atoms with van der Waals surface area (Å²) in [5, 5.41) is 11.2. The number of amides is 1. The lowest BCUT2D eigenvalue weighted by atomic mass is 10.2. The van der Waals surface area contributed by atoms with Crippen LogP contribution < -0.4 is 5.32 Å². The van der Waals surface area contributed by atoms with Crippen molar-refractivity contribution in [1.29, 1.82) is 0 Å².